The van der Waals surface area contributed by atoms with Crippen LogP contribution in [0.15, 0.2) is 57.2 Å². The number of nitrogens with zero attached hydrogens (tertiary/aromatic N) is 1. The van der Waals surface area contributed by atoms with Gasteiger partial charge in [0.05, 0.1) is 11.3 Å². The number of para-hydroxylation sites is 1. The summed E-state index contributed by atoms with van der Waals surface area (Å²) in [4.78, 5) is 19.0. The average Bonchev–Trinajstić information content (AvgIpc) is 2.70. The number of fused-ring (bicyclic) bond motifs is 2. The van der Waals surface area contributed by atoms with Gasteiger partial charge >= 0.3 is 0 Å². The highest BCUT2D eigenvalue weighted by molar-refractivity contribution is 7.99. The molecule has 0 fully saturated rings. The number of carbonyl (C=O) groups is 1. The van der Waals surface area contributed by atoms with E-state index in [-0.39, 0.29) is 5.91 Å². The Morgan fingerprint density at radius 2 is 1.96 bits per heavy atom. The molecule has 2 aromatic carbocycles. The molecule has 1 heterocycles. The first-order valence-corrected chi connectivity index (χ1v) is 8.83. The molecule has 1 aliphatic rings. The number of hydrogen-bond donors (Lipinski definition) is 1. The largest absolute Gasteiger partial charge is 0.352 e. The van der Waals surface area contributed by atoms with E-state index in [9.17, 15) is 4.79 Å². The summed E-state index contributed by atoms with van der Waals surface area (Å²) in [5.41, 5.74) is 2.11. The predicted octanol–water partition coefficient (Wildman–Crippen LogP) is 5.00. The van der Waals surface area contributed by atoms with Gasteiger partial charge in [0.25, 0.3) is 5.91 Å². The molecule has 5 heteroatoms. The van der Waals surface area contributed by atoms with E-state index in [1.807, 2.05) is 36.4 Å². The Hall–Kier alpha value is -1.78. The zero-order chi connectivity index (χ0) is 16.2. The molecule has 0 bridgehead atoms. The van der Waals surface area contributed by atoms with E-state index < -0.39 is 0 Å². The van der Waals surface area contributed by atoms with Crippen LogP contribution in [0, 0.1) is 0 Å². The van der Waals surface area contributed by atoms with E-state index in [1.165, 1.54) is 0 Å². The van der Waals surface area contributed by atoms with Crippen LogP contribution in [0.4, 0.5) is 5.69 Å². The monoisotopic (exact) mass is 344 g/mol. The number of benzene rings is 2. The minimum Gasteiger partial charge on any atom is -0.352 e. The maximum atomic E-state index is 12.5. The van der Waals surface area contributed by atoms with Crippen LogP contribution >= 0.6 is 23.4 Å². The molecule has 0 spiro atoms. The van der Waals surface area contributed by atoms with E-state index in [1.54, 1.807) is 17.8 Å². The van der Waals surface area contributed by atoms with Gasteiger partial charge in [0.1, 0.15) is 5.17 Å². The van der Waals surface area contributed by atoms with E-state index in [0.29, 0.717) is 23.0 Å². The molecule has 118 valence electrons. The fraction of sp³-hybridized carbons (Fsp3) is 0.222. The van der Waals surface area contributed by atoms with Gasteiger partial charge in [-0.3, -0.25) is 4.79 Å². The normalized spacial score (nSPS) is 12.7. The van der Waals surface area contributed by atoms with E-state index in [0.717, 1.165) is 28.2 Å². The molecule has 0 radical (unpaired) electrons. The topological polar surface area (TPSA) is 41.5 Å². The number of unbranched alkanes of at least 4 members (excludes halogenated alkanes) is 1. The number of nitrogens with one attached hydrogen (secondary N) is 1. The van der Waals surface area contributed by atoms with Crippen molar-refractivity contribution in [1.82, 2.24) is 5.32 Å². The predicted molar refractivity (Wildman–Crippen MR) is 96.3 cm³/mol. The summed E-state index contributed by atoms with van der Waals surface area (Å²) in [7, 11) is 0. The van der Waals surface area contributed by atoms with Crippen molar-refractivity contribution < 1.29 is 4.79 Å². The summed E-state index contributed by atoms with van der Waals surface area (Å²) in [5, 5.41) is 3.36. The Kier molecular flexibility index (Phi) is 5.03. The van der Waals surface area contributed by atoms with Crippen LogP contribution in [0.25, 0.3) is 0 Å². The lowest BCUT2D eigenvalue weighted by Crippen LogP contribution is -2.24. The molecule has 0 unspecified atom stereocenters. The first-order chi connectivity index (χ1) is 11.2. The molecule has 1 N–H and O–H groups in total. The lowest BCUT2D eigenvalue weighted by atomic mass is 10.1. The van der Waals surface area contributed by atoms with Gasteiger partial charge < -0.3 is 5.32 Å². The highest BCUT2D eigenvalue weighted by Gasteiger charge is 2.20. The number of carbonyl (C=O) groups excluding carboxylic acids is 1. The van der Waals surface area contributed by atoms with Crippen LogP contribution in [-0.2, 0) is 0 Å². The number of hydrogen-bond acceptors (Lipinski definition) is 3. The summed E-state index contributed by atoms with van der Waals surface area (Å²) < 4.78 is 0. The average molecular weight is 345 g/mol. The van der Waals surface area contributed by atoms with Crippen molar-refractivity contribution in [2.24, 2.45) is 4.99 Å². The smallest absolute Gasteiger partial charge is 0.253 e. The van der Waals surface area contributed by atoms with Gasteiger partial charge in [0.2, 0.25) is 0 Å². The summed E-state index contributed by atoms with van der Waals surface area (Å²) in [6.45, 7) is 2.77. The Balaban J connectivity index is 2.00. The second-order valence-corrected chi connectivity index (χ2v) is 6.70. The molecule has 0 aromatic heterocycles. The van der Waals surface area contributed by atoms with Gasteiger partial charge in [-0.05, 0) is 24.6 Å². The van der Waals surface area contributed by atoms with Gasteiger partial charge in [0.15, 0.2) is 0 Å². The second kappa shape index (κ2) is 7.20. The fourth-order valence-electron chi connectivity index (χ4n) is 2.38. The minimum absolute atomic E-state index is 0.102. The molecule has 23 heavy (non-hydrogen) atoms. The standard InChI is InChI=1S/C18H17ClN2OS/c1-2-3-11-20-18(22)13-8-6-10-15-16(13)21-17(19)12-7-4-5-9-14(12)23-15/h4-10H,2-3,11H2,1H3,(H,20,22). The maximum absolute atomic E-state index is 12.5. The van der Waals surface area contributed by atoms with Crippen molar-refractivity contribution in [3.05, 3.63) is 53.6 Å². The van der Waals surface area contributed by atoms with Gasteiger partial charge in [-0.15, -0.1) is 0 Å². The zero-order valence-corrected chi connectivity index (χ0v) is 14.4. The van der Waals surface area contributed by atoms with E-state index in [4.69, 9.17) is 11.6 Å². The van der Waals surface area contributed by atoms with Crippen LogP contribution in [0.5, 0.6) is 0 Å². The molecular weight excluding hydrogens is 328 g/mol. The highest BCUT2D eigenvalue weighted by atomic mass is 35.5. The molecule has 1 aliphatic heterocycles. The lowest BCUT2D eigenvalue weighted by molar-refractivity contribution is 0.0953. The van der Waals surface area contributed by atoms with Gasteiger partial charge in [-0.25, -0.2) is 4.99 Å². The molecule has 0 saturated carbocycles. The molecule has 0 saturated heterocycles. The summed E-state index contributed by atoms with van der Waals surface area (Å²) in [6.07, 6.45) is 2.01. The number of aliphatic imine (C=N–C) groups is 1. The summed E-state index contributed by atoms with van der Waals surface area (Å²) in [6, 6.07) is 13.5. The Morgan fingerprint density at radius 3 is 2.78 bits per heavy atom. The first kappa shape index (κ1) is 16.1. The molecule has 1 amide bonds. The number of amides is 1. The molecule has 0 atom stereocenters. The quantitative estimate of drug-likeness (QED) is 0.793. The zero-order valence-electron chi connectivity index (χ0n) is 12.8. The van der Waals surface area contributed by atoms with E-state index >= 15 is 0 Å². The van der Waals surface area contributed by atoms with Crippen molar-refractivity contribution in [1.29, 1.82) is 0 Å². The van der Waals surface area contributed by atoms with Crippen LogP contribution in [-0.4, -0.2) is 17.6 Å². The molecule has 0 aliphatic carbocycles. The summed E-state index contributed by atoms with van der Waals surface area (Å²) in [5.74, 6) is -0.102. The third-order valence-corrected chi connectivity index (χ3v) is 5.01. The second-order valence-electron chi connectivity index (χ2n) is 5.26. The van der Waals surface area contributed by atoms with Crippen molar-refractivity contribution in [3.8, 4) is 0 Å². The molecule has 2 aromatic rings. The minimum atomic E-state index is -0.102. The maximum Gasteiger partial charge on any atom is 0.253 e. The van der Waals surface area contributed by atoms with Crippen molar-refractivity contribution in [2.75, 3.05) is 6.54 Å². The van der Waals surface area contributed by atoms with Crippen LogP contribution in [0.2, 0.25) is 0 Å². The third kappa shape index (κ3) is 3.43. The fourth-order valence-corrected chi connectivity index (χ4v) is 3.74. The first-order valence-electron chi connectivity index (χ1n) is 7.63. The van der Waals surface area contributed by atoms with Gasteiger partial charge in [-0.1, -0.05) is 61.0 Å². The van der Waals surface area contributed by atoms with Crippen molar-refractivity contribution in [2.45, 2.75) is 29.6 Å². The lowest BCUT2D eigenvalue weighted by Gasteiger charge is -2.10. The van der Waals surface area contributed by atoms with Crippen LogP contribution in [0.1, 0.15) is 35.7 Å². The Labute approximate surface area is 145 Å². The van der Waals surface area contributed by atoms with Crippen molar-refractivity contribution in [3.63, 3.8) is 0 Å². The Bertz CT molecular complexity index is 773. The number of halogens is 1. The molecule has 3 rings (SSSR count). The highest BCUT2D eigenvalue weighted by Crippen LogP contribution is 2.42. The third-order valence-electron chi connectivity index (χ3n) is 3.60. The SMILES string of the molecule is CCCCNC(=O)c1cccc2c1N=C(Cl)c1ccccc1S2. The summed E-state index contributed by atoms with van der Waals surface area (Å²) >= 11 is 7.98. The molecule has 3 nitrogen and oxygen atoms in total. The molecular formula is C18H17ClN2OS. The van der Waals surface area contributed by atoms with Crippen LogP contribution in [0.3, 0.4) is 0 Å². The van der Waals surface area contributed by atoms with Gasteiger partial charge in [0, 0.05) is 21.9 Å². The van der Waals surface area contributed by atoms with Crippen molar-refractivity contribution >= 4 is 40.1 Å². The van der Waals surface area contributed by atoms with Crippen LogP contribution < -0.4 is 5.32 Å². The number of rotatable bonds is 4. The van der Waals surface area contributed by atoms with E-state index in [2.05, 4.69) is 17.2 Å². The van der Waals surface area contributed by atoms with Gasteiger partial charge in [-0.2, -0.15) is 0 Å². The Morgan fingerprint density at radius 1 is 1.17 bits per heavy atom.